The van der Waals surface area contributed by atoms with Crippen molar-refractivity contribution in [2.24, 2.45) is 0 Å². The molecular weight excluding hydrogens is 382 g/mol. The Hall–Kier alpha value is -3.94. The zero-order valence-electron chi connectivity index (χ0n) is 16.9. The van der Waals surface area contributed by atoms with Crippen molar-refractivity contribution >= 4 is 28.7 Å². The maximum atomic E-state index is 12.8. The van der Waals surface area contributed by atoms with Gasteiger partial charge in [-0.3, -0.25) is 14.2 Å². The Balaban J connectivity index is 1.52. The van der Waals surface area contributed by atoms with E-state index >= 15 is 0 Å². The van der Waals surface area contributed by atoms with E-state index in [4.69, 9.17) is 4.52 Å². The van der Waals surface area contributed by atoms with Crippen molar-refractivity contribution in [1.29, 1.82) is 0 Å². The van der Waals surface area contributed by atoms with Crippen LogP contribution in [0.5, 0.6) is 0 Å². The van der Waals surface area contributed by atoms with Crippen molar-refractivity contribution < 1.29 is 14.1 Å². The lowest BCUT2D eigenvalue weighted by Crippen LogP contribution is -2.35. The number of fused-ring (bicyclic) bond motifs is 1. The first kappa shape index (κ1) is 19.4. The number of aryl methyl sites for hydroxylation is 2. The van der Waals surface area contributed by atoms with Crippen LogP contribution in [0.25, 0.3) is 16.7 Å². The number of benzene rings is 2. The monoisotopic (exact) mass is 403 g/mol. The van der Waals surface area contributed by atoms with E-state index in [2.05, 4.69) is 15.5 Å². The van der Waals surface area contributed by atoms with Gasteiger partial charge in [-0.05, 0) is 44.2 Å². The van der Waals surface area contributed by atoms with E-state index in [1.54, 1.807) is 32.2 Å². The Labute approximate surface area is 173 Å². The van der Waals surface area contributed by atoms with Crippen LogP contribution in [0.1, 0.15) is 21.9 Å². The molecular formula is C22H21N5O3. The first-order valence-electron chi connectivity index (χ1n) is 9.45. The van der Waals surface area contributed by atoms with Gasteiger partial charge in [0.2, 0.25) is 5.91 Å². The molecule has 2 heterocycles. The van der Waals surface area contributed by atoms with Crippen LogP contribution in [0.3, 0.4) is 0 Å². The number of hydrogen-bond acceptors (Lipinski definition) is 5. The van der Waals surface area contributed by atoms with Gasteiger partial charge in [0.1, 0.15) is 11.6 Å². The number of rotatable bonds is 5. The number of aromatic nitrogens is 3. The number of carbonyl (C=O) groups excluding carboxylic acids is 2. The molecule has 0 unspecified atom stereocenters. The van der Waals surface area contributed by atoms with Gasteiger partial charge in [-0.2, -0.15) is 0 Å². The van der Waals surface area contributed by atoms with Gasteiger partial charge >= 0.3 is 0 Å². The van der Waals surface area contributed by atoms with E-state index < -0.39 is 0 Å². The zero-order chi connectivity index (χ0) is 21.3. The zero-order valence-corrected chi connectivity index (χ0v) is 16.9. The predicted molar refractivity (Wildman–Crippen MR) is 113 cm³/mol. The van der Waals surface area contributed by atoms with Gasteiger partial charge in [-0.15, -0.1) is 0 Å². The highest BCUT2D eigenvalue weighted by Gasteiger charge is 2.18. The summed E-state index contributed by atoms with van der Waals surface area (Å²) in [7, 11) is 1.58. The SMILES string of the molecule is Cc1cc(NC(=O)CN(C)C(=O)c2ccc3c(c2)nc(C)n3-c2ccccc2)no1. The molecule has 2 amide bonds. The maximum Gasteiger partial charge on any atom is 0.254 e. The Kier molecular flexibility index (Phi) is 5.05. The number of nitrogens with one attached hydrogen (secondary N) is 1. The molecule has 0 spiro atoms. The van der Waals surface area contributed by atoms with E-state index in [-0.39, 0.29) is 18.4 Å². The Bertz CT molecular complexity index is 1230. The highest BCUT2D eigenvalue weighted by Crippen LogP contribution is 2.22. The molecule has 4 aromatic rings. The van der Waals surface area contributed by atoms with Gasteiger partial charge in [0.15, 0.2) is 5.82 Å². The number of likely N-dealkylation sites (N-methyl/N-ethyl adjacent to an activating group) is 1. The molecule has 0 fully saturated rings. The molecule has 0 aliphatic carbocycles. The van der Waals surface area contributed by atoms with E-state index in [0.717, 1.165) is 22.5 Å². The minimum atomic E-state index is -0.357. The minimum Gasteiger partial charge on any atom is -0.360 e. The number of carbonyl (C=O) groups is 2. The molecule has 0 bridgehead atoms. The maximum absolute atomic E-state index is 12.8. The summed E-state index contributed by atoms with van der Waals surface area (Å²) in [6, 6.07) is 16.9. The van der Waals surface area contributed by atoms with Crippen molar-refractivity contribution in [1.82, 2.24) is 19.6 Å². The number of para-hydroxylation sites is 1. The van der Waals surface area contributed by atoms with Crippen LogP contribution in [0.4, 0.5) is 5.82 Å². The summed E-state index contributed by atoms with van der Waals surface area (Å²) in [4.78, 5) is 31.0. The van der Waals surface area contributed by atoms with Crippen molar-refractivity contribution in [3.63, 3.8) is 0 Å². The van der Waals surface area contributed by atoms with Crippen LogP contribution in [0, 0.1) is 13.8 Å². The molecule has 1 N–H and O–H groups in total. The van der Waals surface area contributed by atoms with E-state index in [1.165, 1.54) is 4.90 Å². The summed E-state index contributed by atoms with van der Waals surface area (Å²) in [6.45, 7) is 3.55. The standard InChI is InChI=1S/C22H21N5O3/c1-14-11-20(25-30-14)24-21(28)13-26(3)22(29)16-9-10-19-18(12-16)23-15(2)27(19)17-7-5-4-6-8-17/h4-12H,13H2,1-3H3,(H,24,25,28). The Morgan fingerprint density at radius 2 is 1.87 bits per heavy atom. The molecule has 0 saturated heterocycles. The van der Waals surface area contributed by atoms with Gasteiger partial charge in [0.25, 0.3) is 5.91 Å². The van der Waals surface area contributed by atoms with Crippen LogP contribution in [0.2, 0.25) is 0 Å². The fourth-order valence-electron chi connectivity index (χ4n) is 3.35. The summed E-state index contributed by atoms with van der Waals surface area (Å²) in [5.41, 5.74) is 3.11. The van der Waals surface area contributed by atoms with E-state index in [1.807, 2.05) is 47.9 Å². The molecule has 8 nitrogen and oxygen atoms in total. The first-order valence-corrected chi connectivity index (χ1v) is 9.45. The van der Waals surface area contributed by atoms with E-state index in [9.17, 15) is 9.59 Å². The molecule has 152 valence electrons. The molecule has 2 aromatic heterocycles. The molecule has 2 aromatic carbocycles. The predicted octanol–water partition coefficient (Wildman–Crippen LogP) is 3.34. The fourth-order valence-corrected chi connectivity index (χ4v) is 3.35. The molecule has 8 heteroatoms. The summed E-state index contributed by atoms with van der Waals surface area (Å²) in [5, 5.41) is 6.32. The minimum absolute atomic E-state index is 0.111. The van der Waals surface area contributed by atoms with Gasteiger partial charge in [-0.1, -0.05) is 23.4 Å². The lowest BCUT2D eigenvalue weighted by atomic mass is 10.1. The molecule has 0 aliphatic rings. The second kappa shape index (κ2) is 7.82. The van der Waals surface area contributed by atoms with Gasteiger partial charge in [0.05, 0.1) is 17.6 Å². The van der Waals surface area contributed by atoms with Crippen LogP contribution < -0.4 is 5.32 Å². The lowest BCUT2D eigenvalue weighted by Gasteiger charge is -2.16. The average Bonchev–Trinajstić information content (AvgIpc) is 3.28. The highest BCUT2D eigenvalue weighted by molar-refractivity contribution is 6.00. The molecule has 30 heavy (non-hydrogen) atoms. The summed E-state index contributed by atoms with van der Waals surface area (Å²) < 4.78 is 6.96. The summed E-state index contributed by atoms with van der Waals surface area (Å²) in [5.74, 6) is 1.12. The van der Waals surface area contributed by atoms with Crippen LogP contribution in [-0.2, 0) is 4.79 Å². The van der Waals surface area contributed by atoms with Crippen LogP contribution in [0.15, 0.2) is 59.1 Å². The second-order valence-corrected chi connectivity index (χ2v) is 7.07. The molecule has 0 atom stereocenters. The molecule has 0 radical (unpaired) electrons. The third kappa shape index (κ3) is 3.80. The molecule has 0 saturated carbocycles. The summed E-state index contributed by atoms with van der Waals surface area (Å²) >= 11 is 0. The number of amides is 2. The first-order chi connectivity index (χ1) is 14.4. The quantitative estimate of drug-likeness (QED) is 0.552. The van der Waals surface area contributed by atoms with Crippen molar-refractivity contribution in [2.75, 3.05) is 18.9 Å². The fraction of sp³-hybridized carbons (Fsp3) is 0.182. The third-order valence-electron chi connectivity index (χ3n) is 4.71. The Morgan fingerprint density at radius 3 is 2.57 bits per heavy atom. The Morgan fingerprint density at radius 1 is 1.10 bits per heavy atom. The molecule has 0 aliphatic heterocycles. The van der Waals surface area contributed by atoms with Gasteiger partial charge < -0.3 is 14.7 Å². The summed E-state index contributed by atoms with van der Waals surface area (Å²) in [6.07, 6.45) is 0. The van der Waals surface area contributed by atoms with E-state index in [0.29, 0.717) is 17.1 Å². The molecule has 4 rings (SSSR count). The number of nitrogens with zero attached hydrogens (tertiary/aromatic N) is 4. The van der Waals surface area contributed by atoms with Crippen molar-refractivity contribution in [3.8, 4) is 5.69 Å². The van der Waals surface area contributed by atoms with Gasteiger partial charge in [0, 0.05) is 24.4 Å². The smallest absolute Gasteiger partial charge is 0.254 e. The largest absolute Gasteiger partial charge is 0.360 e. The highest BCUT2D eigenvalue weighted by atomic mass is 16.5. The van der Waals surface area contributed by atoms with Gasteiger partial charge in [-0.25, -0.2) is 4.98 Å². The number of anilines is 1. The van der Waals surface area contributed by atoms with Crippen LogP contribution in [-0.4, -0.2) is 45.0 Å². The average molecular weight is 403 g/mol. The second-order valence-electron chi connectivity index (χ2n) is 7.07. The third-order valence-corrected chi connectivity index (χ3v) is 4.71. The van der Waals surface area contributed by atoms with Crippen LogP contribution >= 0.6 is 0 Å². The normalized spacial score (nSPS) is 10.9. The number of imidazole rings is 1. The number of hydrogen-bond donors (Lipinski definition) is 1. The van der Waals surface area contributed by atoms with Crippen molar-refractivity contribution in [2.45, 2.75) is 13.8 Å². The topological polar surface area (TPSA) is 93.3 Å². The van der Waals surface area contributed by atoms with Crippen molar-refractivity contribution in [3.05, 3.63) is 71.7 Å². The lowest BCUT2D eigenvalue weighted by molar-refractivity contribution is -0.116.